The Morgan fingerprint density at radius 1 is 1.06 bits per heavy atom. The van der Waals surface area contributed by atoms with Crippen LogP contribution in [-0.2, 0) is 21.1 Å². The van der Waals surface area contributed by atoms with Crippen LogP contribution >= 0.6 is 0 Å². The van der Waals surface area contributed by atoms with Gasteiger partial charge in [0.25, 0.3) is 0 Å². The molecule has 0 unspecified atom stereocenters. The predicted octanol–water partition coefficient (Wildman–Crippen LogP) is 4.23. The number of allylic oxidation sites excluding steroid dienone is 4. The van der Waals surface area contributed by atoms with Crippen LogP contribution in [0.3, 0.4) is 0 Å². The van der Waals surface area contributed by atoms with Gasteiger partial charge in [-0.2, -0.15) is 15.9 Å². The van der Waals surface area contributed by atoms with Gasteiger partial charge in [-0.3, -0.25) is 13.0 Å². The van der Waals surface area contributed by atoms with E-state index < -0.39 is 6.17 Å². The second-order valence-corrected chi connectivity index (χ2v) is 1.69. The molecular weight excluding hydrogens is 388 g/mol. The fourth-order valence-electron chi connectivity index (χ4n) is 0.359. The second kappa shape index (κ2) is 36.2. The number of hydrogen-bond acceptors (Lipinski definition) is 4. The van der Waals surface area contributed by atoms with Gasteiger partial charge >= 0.3 is 0 Å². The summed E-state index contributed by atoms with van der Waals surface area (Å²) < 4.78 is 0. The Bertz CT molecular complexity index is 165. The van der Waals surface area contributed by atoms with E-state index in [-0.39, 0.29) is 58.2 Å². The molecule has 0 radical (unpaired) electrons. The number of rotatable bonds is 2. The van der Waals surface area contributed by atoms with Crippen molar-refractivity contribution in [2.24, 2.45) is 10.4 Å². The monoisotopic (exact) mass is 411 g/mol. The molecule has 0 aromatic carbocycles. The molecule has 0 aromatic rings. The molecule has 0 bridgehead atoms. The molecule has 17 heavy (non-hydrogen) atoms. The van der Waals surface area contributed by atoms with Gasteiger partial charge in [0.2, 0.25) is 0 Å². The van der Waals surface area contributed by atoms with Crippen LogP contribution in [0.2, 0.25) is 0 Å². The molecule has 106 valence electrons. The van der Waals surface area contributed by atoms with Gasteiger partial charge in [-0.05, 0) is 0 Å². The summed E-state index contributed by atoms with van der Waals surface area (Å²) >= 11 is 0. The van der Waals surface area contributed by atoms with E-state index in [1.807, 2.05) is 12.2 Å². The molecule has 5 heteroatoms. The van der Waals surface area contributed by atoms with Crippen molar-refractivity contribution in [3.8, 4) is 0 Å². The first-order chi connectivity index (χ1) is 5.31. The normalized spacial score (nSPS) is 8.12. The largest absolute Gasteiger partial charge is 0.358 e. The molecule has 0 amide bonds. The van der Waals surface area contributed by atoms with Gasteiger partial charge in [-0.25, -0.2) is 12.2 Å². The summed E-state index contributed by atoms with van der Waals surface area (Å²) in [5.41, 5.74) is 0. The van der Waals surface area contributed by atoms with E-state index >= 15 is 0 Å². The third kappa shape index (κ3) is 39.2. The summed E-state index contributed by atoms with van der Waals surface area (Å²) in [5, 5.41) is 4.33. The molecule has 4 nitrogen and oxygen atoms in total. The van der Waals surface area contributed by atoms with Crippen molar-refractivity contribution < 1.29 is 21.1 Å². The minimum atomic E-state index is -1.18. The van der Waals surface area contributed by atoms with Gasteiger partial charge in [0.05, 0.1) is 0 Å². The Balaban J connectivity index is -0.0000000174. The second-order valence-electron chi connectivity index (χ2n) is 1.69. The molecule has 0 N–H and O–H groups in total. The summed E-state index contributed by atoms with van der Waals surface area (Å²) in [6.07, 6.45) is 8.82. The van der Waals surface area contributed by atoms with Gasteiger partial charge in [0.15, 0.2) is 0 Å². The fraction of sp³-hybridized carbons (Fsp3) is 0.167. The zero-order valence-electron chi connectivity index (χ0n) is 11.3. The average Bonchev–Trinajstić information content (AvgIpc) is 2.60. The Hall–Kier alpha value is -0.632. The van der Waals surface area contributed by atoms with Crippen molar-refractivity contribution >= 4 is 0 Å². The maximum Gasteiger partial charge on any atom is 0.102 e. The topological polar surface area (TPSA) is 58.9 Å². The Kier molecular flexibility index (Phi) is 93.7. The van der Waals surface area contributed by atoms with E-state index in [0.29, 0.717) is 0 Å². The van der Waals surface area contributed by atoms with Crippen LogP contribution in [0, 0.1) is 59.9 Å². The van der Waals surface area contributed by atoms with E-state index in [0.717, 1.165) is 6.42 Å². The molecular formula is C12H23N2O2W-7. The van der Waals surface area contributed by atoms with Crippen LogP contribution in [-0.4, -0.2) is 6.17 Å². The first-order valence-electron chi connectivity index (χ1n) is 3.01. The summed E-state index contributed by atoms with van der Waals surface area (Å²) in [5.74, 6) is 0. The van der Waals surface area contributed by atoms with E-state index in [1.54, 1.807) is 0 Å². The van der Waals surface area contributed by atoms with Crippen LogP contribution in [0.1, 0.15) is 6.42 Å². The van der Waals surface area contributed by atoms with Gasteiger partial charge in [-0.1, -0.05) is 10.4 Å². The van der Waals surface area contributed by atoms with E-state index in [1.165, 1.54) is 0 Å². The van der Waals surface area contributed by atoms with Crippen LogP contribution in [0.5, 0.6) is 0 Å². The van der Waals surface area contributed by atoms with Crippen molar-refractivity contribution in [1.29, 1.82) is 0 Å². The summed E-state index contributed by atoms with van der Waals surface area (Å²) in [7, 11) is 0. The molecule has 0 saturated heterocycles. The number of nitroso groups, excluding NO2 is 2. The fourth-order valence-corrected chi connectivity index (χ4v) is 0.359. The van der Waals surface area contributed by atoms with Gasteiger partial charge in [-0.15, -0.1) is 6.42 Å². The van der Waals surface area contributed by atoms with Crippen LogP contribution in [0.4, 0.5) is 0 Å². The van der Waals surface area contributed by atoms with Crippen LogP contribution in [0.15, 0.2) is 28.6 Å². The van der Waals surface area contributed by atoms with E-state index in [9.17, 15) is 0 Å². The van der Waals surface area contributed by atoms with Crippen molar-refractivity contribution in [3.05, 3.63) is 78.2 Å². The quantitative estimate of drug-likeness (QED) is 0.505. The Morgan fingerprint density at radius 3 is 1.53 bits per heavy atom. The first-order valence-corrected chi connectivity index (χ1v) is 3.01. The molecule has 1 aliphatic carbocycles. The smallest absolute Gasteiger partial charge is 0.102 e. The molecule has 0 atom stereocenters. The number of nitrogens with zero attached hydrogens (tertiary/aromatic N) is 2. The van der Waals surface area contributed by atoms with Crippen molar-refractivity contribution in [2.45, 2.75) is 12.6 Å². The van der Waals surface area contributed by atoms with Gasteiger partial charge < -0.3 is 37.1 Å². The Morgan fingerprint density at radius 2 is 1.47 bits per heavy atom. The van der Waals surface area contributed by atoms with Crippen LogP contribution in [0.25, 0.3) is 0 Å². The SMILES string of the molecule is [C-]1=CC=CC1.[CH2-]C(N=O)N=O.[CH3-].[CH3-].[CH3-].[CH3-].[CH3-].[W]. The molecule has 1 rings (SSSR count). The average molecular weight is 411 g/mol. The number of hydrogen-bond donors (Lipinski definition) is 0. The minimum Gasteiger partial charge on any atom is -0.358 e. The molecule has 1 aliphatic rings. The maximum absolute atomic E-state index is 9.13. The summed E-state index contributed by atoms with van der Waals surface area (Å²) in [6.45, 7) is 2.92. The van der Waals surface area contributed by atoms with Crippen molar-refractivity contribution in [1.82, 2.24) is 0 Å². The Labute approximate surface area is 122 Å². The van der Waals surface area contributed by atoms with E-state index in [2.05, 4.69) is 29.4 Å². The minimum absolute atomic E-state index is 0. The zero-order valence-corrected chi connectivity index (χ0v) is 14.3. The molecule has 0 fully saturated rings. The predicted molar refractivity (Wildman–Crippen MR) is 74.4 cm³/mol. The maximum atomic E-state index is 9.13. The molecule has 0 aliphatic heterocycles. The third-order valence-electron chi connectivity index (χ3n) is 0.829. The van der Waals surface area contributed by atoms with Gasteiger partial charge in [0, 0.05) is 21.1 Å². The van der Waals surface area contributed by atoms with Crippen molar-refractivity contribution in [2.75, 3.05) is 0 Å². The van der Waals surface area contributed by atoms with E-state index in [4.69, 9.17) is 9.81 Å². The van der Waals surface area contributed by atoms with Crippen molar-refractivity contribution in [3.63, 3.8) is 0 Å². The van der Waals surface area contributed by atoms with Crippen LogP contribution < -0.4 is 0 Å². The standard InChI is InChI=1S/C5H5.C2H3N2O2.5CH3.W/c1-2-4-5-3-1;1-2(3-5)4-6;;;;;;/h1-3H,4H2;2H,1H2;5*1H3;/q7*-1;. The molecule has 0 saturated carbocycles. The molecule has 0 heterocycles. The third-order valence-corrected chi connectivity index (χ3v) is 0.829. The zero-order chi connectivity index (χ0) is 8.53. The summed E-state index contributed by atoms with van der Waals surface area (Å²) in [6, 6.07) is 0. The summed E-state index contributed by atoms with van der Waals surface area (Å²) in [4.78, 5) is 18.3. The first kappa shape index (κ1) is 44.0. The molecule has 0 aromatic heterocycles. The molecule has 0 spiro atoms. The van der Waals surface area contributed by atoms with Gasteiger partial charge in [0.1, 0.15) is 6.17 Å².